The van der Waals surface area contributed by atoms with Crippen molar-refractivity contribution in [3.05, 3.63) is 22.3 Å². The van der Waals surface area contributed by atoms with Crippen molar-refractivity contribution < 1.29 is 29.1 Å². The third-order valence-electron chi connectivity index (χ3n) is 4.18. The second kappa shape index (κ2) is 9.49. The Morgan fingerprint density at radius 2 is 2.30 bits per heavy atom. The van der Waals surface area contributed by atoms with Crippen molar-refractivity contribution in [1.82, 2.24) is 15.2 Å². The van der Waals surface area contributed by atoms with Gasteiger partial charge in [-0.2, -0.15) is 11.8 Å². The fourth-order valence-corrected chi connectivity index (χ4v) is 5.69. The molecule has 11 nitrogen and oxygen atoms in total. The van der Waals surface area contributed by atoms with Crippen molar-refractivity contribution >= 4 is 69.9 Å². The Labute approximate surface area is 183 Å². The maximum atomic E-state index is 12.7. The summed E-state index contributed by atoms with van der Waals surface area (Å²) in [6, 6.07) is -0.902. The predicted octanol–water partition coefficient (Wildman–Crippen LogP) is 0.164. The van der Waals surface area contributed by atoms with Gasteiger partial charge in [0.2, 0.25) is 6.41 Å². The number of aliphatic carboxylic acids is 1. The first-order chi connectivity index (χ1) is 14.4. The number of amides is 3. The Bertz CT molecular complexity index is 946. The fraction of sp³-hybridized carbons (Fsp3) is 0.375. The normalized spacial score (nSPS) is 20.9. The molecule has 0 aliphatic carbocycles. The van der Waals surface area contributed by atoms with Gasteiger partial charge in [0.05, 0.1) is 0 Å². The van der Waals surface area contributed by atoms with Crippen LogP contribution in [0.25, 0.3) is 0 Å². The molecule has 30 heavy (non-hydrogen) atoms. The fourth-order valence-electron chi connectivity index (χ4n) is 2.97. The Kier molecular flexibility index (Phi) is 6.99. The zero-order chi connectivity index (χ0) is 21.8. The lowest BCUT2D eigenvalue weighted by atomic mass is 10.0. The van der Waals surface area contributed by atoms with E-state index in [9.17, 15) is 24.3 Å². The van der Waals surface area contributed by atoms with E-state index in [0.717, 1.165) is 11.3 Å². The van der Waals surface area contributed by atoms with E-state index in [2.05, 4.69) is 20.8 Å². The molecule has 160 valence electrons. The quantitative estimate of drug-likeness (QED) is 0.198. The van der Waals surface area contributed by atoms with Gasteiger partial charge in [-0.25, -0.2) is 9.78 Å². The molecule has 1 aromatic heterocycles. The maximum absolute atomic E-state index is 12.7. The van der Waals surface area contributed by atoms with E-state index < -0.39 is 29.2 Å². The van der Waals surface area contributed by atoms with Gasteiger partial charge >= 0.3 is 5.97 Å². The number of thioether (sulfide) groups is 2. The number of nitrogens with one attached hydrogen (secondary N) is 2. The van der Waals surface area contributed by atoms with Crippen LogP contribution in [0.1, 0.15) is 5.69 Å². The van der Waals surface area contributed by atoms with Crippen molar-refractivity contribution in [2.24, 2.45) is 5.16 Å². The number of aromatic nitrogens is 1. The molecule has 1 unspecified atom stereocenters. The average Bonchev–Trinajstić information content (AvgIpc) is 3.18. The second-order valence-electron chi connectivity index (χ2n) is 5.97. The Morgan fingerprint density at radius 1 is 1.53 bits per heavy atom. The summed E-state index contributed by atoms with van der Waals surface area (Å²) in [5, 5.41) is 19.5. The lowest BCUT2D eigenvalue weighted by Crippen LogP contribution is -2.71. The molecule has 2 aliphatic heterocycles. The summed E-state index contributed by atoms with van der Waals surface area (Å²) in [6.45, 7) is 0. The van der Waals surface area contributed by atoms with E-state index in [4.69, 9.17) is 4.84 Å². The van der Waals surface area contributed by atoms with Crippen LogP contribution in [0.3, 0.4) is 0 Å². The minimum Gasteiger partial charge on any atom is -0.477 e. The standard InChI is InChI=1S/C16H17N5O6S3/c1-27-20-9(8-5-30-16(18-8)17-6-22)12(23)19-10-13(24)21-11(15(25)26)7(3-28-2)4-29-14(10)21/h5-6,10,14H,3-4H2,1-2H3,(H,19,23)(H,25,26)(H,17,18,22)/t10?,14-/m1/s1. The Morgan fingerprint density at radius 3 is 2.93 bits per heavy atom. The molecule has 0 bridgehead atoms. The number of carboxylic acids is 1. The third-order valence-corrected chi connectivity index (χ3v) is 6.93. The highest BCUT2D eigenvalue weighted by Gasteiger charge is 2.54. The van der Waals surface area contributed by atoms with Gasteiger partial charge in [0.25, 0.3) is 11.8 Å². The van der Waals surface area contributed by atoms with E-state index in [-0.39, 0.29) is 22.2 Å². The third kappa shape index (κ3) is 4.15. The van der Waals surface area contributed by atoms with Crippen molar-refractivity contribution in [3.63, 3.8) is 0 Å². The number of hydrogen-bond acceptors (Lipinski definition) is 10. The lowest BCUT2D eigenvalue weighted by Gasteiger charge is -2.49. The monoisotopic (exact) mass is 471 g/mol. The molecular weight excluding hydrogens is 454 g/mol. The number of hydrogen-bond donors (Lipinski definition) is 3. The van der Waals surface area contributed by atoms with Crippen LogP contribution >= 0.6 is 34.9 Å². The SMILES string of the molecule is CON=C(C(=O)NC1C(=O)N2C(C(=O)O)=C(CSC)CS[C@H]12)c1csc(NC=O)n1. The first kappa shape index (κ1) is 22.1. The molecule has 0 radical (unpaired) electrons. The zero-order valence-corrected chi connectivity index (χ0v) is 18.2. The molecule has 1 aromatic rings. The molecule has 14 heteroatoms. The molecule has 2 aliphatic rings. The van der Waals surface area contributed by atoms with Crippen molar-refractivity contribution in [3.8, 4) is 0 Å². The molecule has 3 amide bonds. The number of carbonyl (C=O) groups excluding carboxylic acids is 3. The number of carboxylic acid groups (broad SMARTS) is 1. The molecule has 3 rings (SSSR count). The first-order valence-corrected chi connectivity index (χ1v) is 11.7. The summed E-state index contributed by atoms with van der Waals surface area (Å²) >= 11 is 3.96. The van der Waals surface area contributed by atoms with Gasteiger partial charge in [-0.1, -0.05) is 5.16 Å². The predicted molar refractivity (Wildman–Crippen MR) is 113 cm³/mol. The second-order valence-corrected chi connectivity index (χ2v) is 8.80. The number of thiazole rings is 1. The van der Waals surface area contributed by atoms with E-state index in [1.165, 1.54) is 40.9 Å². The summed E-state index contributed by atoms with van der Waals surface area (Å²) in [4.78, 5) is 57.7. The van der Waals surface area contributed by atoms with Crippen LogP contribution < -0.4 is 10.6 Å². The Balaban J connectivity index is 1.77. The number of anilines is 1. The van der Waals surface area contributed by atoms with Gasteiger partial charge in [0, 0.05) is 16.9 Å². The van der Waals surface area contributed by atoms with Crippen LogP contribution in [0.15, 0.2) is 21.8 Å². The summed E-state index contributed by atoms with van der Waals surface area (Å²) in [6.07, 6.45) is 2.31. The molecule has 0 aromatic carbocycles. The molecule has 3 N–H and O–H groups in total. The van der Waals surface area contributed by atoms with Crippen molar-refractivity contribution in [2.75, 3.05) is 30.2 Å². The lowest BCUT2D eigenvalue weighted by molar-refractivity contribution is -0.150. The topological polar surface area (TPSA) is 150 Å². The van der Waals surface area contributed by atoms with Crippen molar-refractivity contribution in [1.29, 1.82) is 0 Å². The number of β-lactam (4-membered cyclic amide) rings is 1. The van der Waals surface area contributed by atoms with Gasteiger partial charge < -0.3 is 20.6 Å². The Hall–Kier alpha value is -2.58. The van der Waals surface area contributed by atoms with Gasteiger partial charge in [-0.15, -0.1) is 23.1 Å². The first-order valence-electron chi connectivity index (χ1n) is 8.40. The molecule has 3 heterocycles. The molecule has 0 saturated carbocycles. The minimum atomic E-state index is -1.17. The van der Waals surface area contributed by atoms with Crippen LogP contribution in [0.5, 0.6) is 0 Å². The number of fused-ring (bicyclic) bond motifs is 1. The van der Waals surface area contributed by atoms with E-state index >= 15 is 0 Å². The zero-order valence-electron chi connectivity index (χ0n) is 15.8. The summed E-state index contributed by atoms with van der Waals surface area (Å²) < 4.78 is 0. The summed E-state index contributed by atoms with van der Waals surface area (Å²) in [5.41, 5.74) is 0.654. The minimum absolute atomic E-state index is 0.0153. The maximum Gasteiger partial charge on any atom is 0.352 e. The van der Waals surface area contributed by atoms with Gasteiger partial charge in [-0.05, 0) is 11.8 Å². The van der Waals surface area contributed by atoms with Crippen molar-refractivity contribution in [2.45, 2.75) is 11.4 Å². The van der Waals surface area contributed by atoms with Crippen LogP contribution in [0, 0.1) is 0 Å². The number of rotatable bonds is 9. The molecular formula is C16H17N5O6S3. The van der Waals surface area contributed by atoms with Crippen LogP contribution in [-0.4, -0.2) is 81.2 Å². The number of oxime groups is 1. The molecule has 1 fully saturated rings. The molecule has 1 saturated heterocycles. The average molecular weight is 472 g/mol. The van der Waals surface area contributed by atoms with Gasteiger partial charge in [0.1, 0.15) is 29.9 Å². The van der Waals surface area contributed by atoms with Crippen LogP contribution in [0.2, 0.25) is 0 Å². The number of nitrogens with zero attached hydrogens (tertiary/aromatic N) is 3. The van der Waals surface area contributed by atoms with E-state index in [1.807, 2.05) is 6.26 Å². The van der Waals surface area contributed by atoms with Gasteiger partial charge in [-0.3, -0.25) is 19.3 Å². The molecule has 0 spiro atoms. The van der Waals surface area contributed by atoms with Crippen LogP contribution in [-0.2, 0) is 24.0 Å². The van der Waals surface area contributed by atoms with E-state index in [1.54, 1.807) is 0 Å². The molecule has 2 atom stereocenters. The van der Waals surface area contributed by atoms with Gasteiger partial charge in [0.15, 0.2) is 10.8 Å². The smallest absolute Gasteiger partial charge is 0.352 e. The number of carbonyl (C=O) groups is 4. The highest BCUT2D eigenvalue weighted by molar-refractivity contribution is 8.00. The highest BCUT2D eigenvalue weighted by Crippen LogP contribution is 2.40. The largest absolute Gasteiger partial charge is 0.477 e. The summed E-state index contributed by atoms with van der Waals surface area (Å²) in [7, 11) is 1.26. The van der Waals surface area contributed by atoms with E-state index in [0.29, 0.717) is 23.5 Å². The summed E-state index contributed by atoms with van der Waals surface area (Å²) in [5.74, 6) is -1.41. The highest BCUT2D eigenvalue weighted by atomic mass is 32.2. The van der Waals surface area contributed by atoms with Crippen LogP contribution in [0.4, 0.5) is 5.13 Å².